The maximum atomic E-state index is 13.2. The second kappa shape index (κ2) is 7.68. The molecule has 0 radical (unpaired) electrons. The molecule has 0 aromatic carbocycles. The third-order valence-electron chi connectivity index (χ3n) is 7.81. The minimum atomic E-state index is -0.779. The average Bonchev–Trinajstić information content (AvgIpc) is 3.49. The summed E-state index contributed by atoms with van der Waals surface area (Å²) in [5.74, 6) is 0.697. The Kier molecular flexibility index (Phi) is 5.41. The van der Waals surface area contributed by atoms with Crippen molar-refractivity contribution < 1.29 is 14.4 Å². The fraction of sp³-hybridized carbons (Fsp3) is 0.864. The molecule has 3 aliphatic carbocycles. The number of carbonyl (C=O) groups is 3. The molecule has 0 aromatic rings. The van der Waals surface area contributed by atoms with Crippen molar-refractivity contribution in [2.75, 3.05) is 6.54 Å². The van der Waals surface area contributed by atoms with E-state index in [0.29, 0.717) is 12.5 Å². The number of carbonyl (C=O) groups excluding carboxylic acids is 3. The van der Waals surface area contributed by atoms with Gasteiger partial charge in [0.25, 0.3) is 5.91 Å². The fourth-order valence-electron chi connectivity index (χ4n) is 5.75. The van der Waals surface area contributed by atoms with Crippen molar-refractivity contribution in [1.82, 2.24) is 15.1 Å². The van der Waals surface area contributed by atoms with Crippen LogP contribution in [0.25, 0.3) is 0 Å². The van der Waals surface area contributed by atoms with Crippen molar-refractivity contribution in [2.24, 2.45) is 11.8 Å². The van der Waals surface area contributed by atoms with Gasteiger partial charge in [0.15, 0.2) is 0 Å². The summed E-state index contributed by atoms with van der Waals surface area (Å²) in [5.41, 5.74) is -0.779. The Bertz CT molecular complexity index is 639. The Morgan fingerprint density at radius 3 is 2.29 bits per heavy atom. The molecule has 1 heterocycles. The molecule has 1 N–H and O–H groups in total. The highest BCUT2D eigenvalue weighted by atomic mass is 16.2. The predicted octanol–water partition coefficient (Wildman–Crippen LogP) is 3.45. The second-order valence-electron chi connectivity index (χ2n) is 9.55. The highest BCUT2D eigenvalue weighted by molar-refractivity contribution is 6.09. The number of imide groups is 1. The van der Waals surface area contributed by atoms with Gasteiger partial charge in [-0.1, -0.05) is 33.1 Å². The van der Waals surface area contributed by atoms with E-state index in [9.17, 15) is 14.4 Å². The molecule has 4 rings (SSSR count). The fourth-order valence-corrected chi connectivity index (χ4v) is 5.75. The minimum Gasteiger partial charge on any atom is -0.335 e. The molecular formula is C22H35N3O3. The number of rotatable bonds is 5. The molecule has 2 unspecified atom stereocenters. The van der Waals surface area contributed by atoms with Crippen LogP contribution in [0.1, 0.15) is 84.5 Å². The van der Waals surface area contributed by atoms with E-state index in [0.717, 1.165) is 50.9 Å². The number of hydrogen-bond donors (Lipinski definition) is 1. The van der Waals surface area contributed by atoms with Gasteiger partial charge in [-0.25, -0.2) is 4.79 Å². The van der Waals surface area contributed by atoms with Crippen molar-refractivity contribution in [3.63, 3.8) is 0 Å². The monoisotopic (exact) mass is 389 g/mol. The Hall–Kier alpha value is -1.59. The average molecular weight is 390 g/mol. The Morgan fingerprint density at radius 1 is 1.07 bits per heavy atom. The van der Waals surface area contributed by atoms with Crippen molar-refractivity contribution in [1.29, 1.82) is 0 Å². The Labute approximate surface area is 168 Å². The summed E-state index contributed by atoms with van der Waals surface area (Å²) >= 11 is 0. The zero-order chi connectivity index (χ0) is 19.9. The molecular weight excluding hydrogens is 354 g/mol. The molecule has 1 spiro atoms. The summed E-state index contributed by atoms with van der Waals surface area (Å²) in [5, 5.41) is 2.97. The van der Waals surface area contributed by atoms with Crippen LogP contribution in [0.3, 0.4) is 0 Å². The smallest absolute Gasteiger partial charge is 0.325 e. The van der Waals surface area contributed by atoms with Crippen LogP contribution in [0.15, 0.2) is 0 Å². The number of hydrogen-bond acceptors (Lipinski definition) is 3. The van der Waals surface area contributed by atoms with E-state index >= 15 is 0 Å². The van der Waals surface area contributed by atoms with Gasteiger partial charge < -0.3 is 10.2 Å². The molecule has 4 aliphatic rings. The molecule has 156 valence electrons. The number of urea groups is 1. The molecule has 6 heteroatoms. The summed E-state index contributed by atoms with van der Waals surface area (Å²) in [6.07, 6.45) is 11.5. The quantitative estimate of drug-likeness (QED) is 0.732. The third-order valence-corrected chi connectivity index (χ3v) is 7.81. The molecule has 1 aliphatic heterocycles. The van der Waals surface area contributed by atoms with E-state index in [1.54, 1.807) is 0 Å². The van der Waals surface area contributed by atoms with E-state index in [1.165, 1.54) is 24.2 Å². The van der Waals surface area contributed by atoms with E-state index in [2.05, 4.69) is 12.2 Å². The minimum absolute atomic E-state index is 0.0357. The largest absolute Gasteiger partial charge is 0.335 e. The summed E-state index contributed by atoms with van der Waals surface area (Å²) in [7, 11) is 0. The van der Waals surface area contributed by atoms with E-state index in [4.69, 9.17) is 0 Å². The number of nitrogens with zero attached hydrogens (tertiary/aromatic N) is 2. The zero-order valence-corrected chi connectivity index (χ0v) is 17.4. The third kappa shape index (κ3) is 3.43. The van der Waals surface area contributed by atoms with E-state index in [-0.39, 0.29) is 36.3 Å². The van der Waals surface area contributed by atoms with Gasteiger partial charge in [-0.2, -0.15) is 0 Å². The van der Waals surface area contributed by atoms with Gasteiger partial charge in [0.05, 0.1) is 0 Å². The van der Waals surface area contributed by atoms with Gasteiger partial charge in [-0.05, 0) is 63.2 Å². The number of nitrogens with one attached hydrogen (secondary N) is 1. The molecule has 3 saturated carbocycles. The first-order chi connectivity index (χ1) is 13.5. The summed E-state index contributed by atoms with van der Waals surface area (Å²) in [6.45, 7) is 4.20. The lowest BCUT2D eigenvalue weighted by Crippen LogP contribution is -2.54. The zero-order valence-electron chi connectivity index (χ0n) is 17.4. The maximum Gasteiger partial charge on any atom is 0.325 e. The molecule has 4 fully saturated rings. The summed E-state index contributed by atoms with van der Waals surface area (Å²) in [6, 6.07) is 0.225. The summed E-state index contributed by atoms with van der Waals surface area (Å²) in [4.78, 5) is 42.3. The van der Waals surface area contributed by atoms with Crippen molar-refractivity contribution in [3.05, 3.63) is 0 Å². The van der Waals surface area contributed by atoms with E-state index in [1.807, 2.05) is 11.8 Å². The van der Waals surface area contributed by atoms with Crippen LogP contribution < -0.4 is 5.32 Å². The molecule has 28 heavy (non-hydrogen) atoms. The lowest BCUT2D eigenvalue weighted by atomic mass is 9.73. The van der Waals surface area contributed by atoms with Gasteiger partial charge >= 0.3 is 6.03 Å². The van der Waals surface area contributed by atoms with Crippen LogP contribution in [0.5, 0.6) is 0 Å². The van der Waals surface area contributed by atoms with Gasteiger partial charge in [0.1, 0.15) is 12.1 Å². The van der Waals surface area contributed by atoms with Crippen LogP contribution in [0.2, 0.25) is 0 Å². The molecule has 4 amide bonds. The van der Waals surface area contributed by atoms with Gasteiger partial charge in [0.2, 0.25) is 5.91 Å². The topological polar surface area (TPSA) is 69.7 Å². The van der Waals surface area contributed by atoms with Gasteiger partial charge in [-0.3, -0.25) is 14.5 Å². The molecule has 0 bridgehead atoms. The number of amides is 4. The Balaban J connectivity index is 1.44. The van der Waals surface area contributed by atoms with Crippen LogP contribution >= 0.6 is 0 Å². The first-order valence-electron chi connectivity index (χ1n) is 11.4. The predicted molar refractivity (Wildman–Crippen MR) is 107 cm³/mol. The summed E-state index contributed by atoms with van der Waals surface area (Å²) < 4.78 is 0. The first kappa shape index (κ1) is 19.7. The first-order valence-corrected chi connectivity index (χ1v) is 11.4. The maximum absolute atomic E-state index is 13.2. The molecule has 1 saturated heterocycles. The SMILES string of the molecule is CCC1CCC(N(C(=O)CN2C(=O)NC3(CCCCC3C)C2=O)C2CC2)CC1. The van der Waals surface area contributed by atoms with Crippen molar-refractivity contribution >= 4 is 17.8 Å². The second-order valence-corrected chi connectivity index (χ2v) is 9.55. The van der Waals surface area contributed by atoms with Crippen LogP contribution in [-0.4, -0.2) is 51.8 Å². The molecule has 6 nitrogen and oxygen atoms in total. The standard InChI is InChI=1S/C22H35N3O3/c1-3-16-7-9-17(10-8-16)25(18-11-12-18)19(26)14-24-20(27)22(23-21(24)28)13-5-4-6-15(22)2/h15-18H,3-14H2,1-2H3,(H,23,28). The van der Waals surface area contributed by atoms with Crippen molar-refractivity contribution in [2.45, 2.75) is 102 Å². The van der Waals surface area contributed by atoms with Crippen LogP contribution in [0, 0.1) is 11.8 Å². The highest BCUT2D eigenvalue weighted by Gasteiger charge is 2.55. The van der Waals surface area contributed by atoms with E-state index < -0.39 is 5.54 Å². The lowest BCUT2D eigenvalue weighted by molar-refractivity contribution is -0.142. The van der Waals surface area contributed by atoms with Gasteiger partial charge in [-0.15, -0.1) is 0 Å². The highest BCUT2D eigenvalue weighted by Crippen LogP contribution is 2.39. The molecule has 0 aromatic heterocycles. The van der Waals surface area contributed by atoms with Crippen molar-refractivity contribution in [3.8, 4) is 0 Å². The normalized spacial score (nSPS) is 35.9. The van der Waals surface area contributed by atoms with Crippen LogP contribution in [0.4, 0.5) is 4.79 Å². The Morgan fingerprint density at radius 2 is 1.71 bits per heavy atom. The van der Waals surface area contributed by atoms with Crippen LogP contribution in [-0.2, 0) is 9.59 Å². The molecule has 2 atom stereocenters. The lowest BCUT2D eigenvalue weighted by Gasteiger charge is -2.38. The van der Waals surface area contributed by atoms with Gasteiger partial charge in [0, 0.05) is 12.1 Å².